The van der Waals surface area contributed by atoms with Gasteiger partial charge in [-0.05, 0) is 20.3 Å². The zero-order chi connectivity index (χ0) is 12.8. The molecule has 100 valence electrons. The molecule has 0 bridgehead atoms. The molecule has 2 N–H and O–H groups in total. The van der Waals surface area contributed by atoms with Crippen LogP contribution in [-0.4, -0.2) is 60.4 Å². The van der Waals surface area contributed by atoms with E-state index in [2.05, 4.69) is 5.32 Å². The molecule has 17 heavy (non-hydrogen) atoms. The van der Waals surface area contributed by atoms with E-state index in [4.69, 9.17) is 9.84 Å². The Labute approximate surface area is 103 Å². The molecule has 5 heteroatoms. The van der Waals surface area contributed by atoms with E-state index in [-0.39, 0.29) is 30.8 Å². The minimum absolute atomic E-state index is 0.00776. The summed E-state index contributed by atoms with van der Waals surface area (Å²) in [5, 5.41) is 12.0. The van der Waals surface area contributed by atoms with E-state index in [1.807, 2.05) is 25.7 Å². The third-order valence-electron chi connectivity index (χ3n) is 2.99. The summed E-state index contributed by atoms with van der Waals surface area (Å²) >= 11 is 0. The van der Waals surface area contributed by atoms with Gasteiger partial charge in [-0.15, -0.1) is 0 Å². The van der Waals surface area contributed by atoms with Crippen molar-refractivity contribution in [3.63, 3.8) is 0 Å². The van der Waals surface area contributed by atoms with Crippen molar-refractivity contribution in [1.82, 2.24) is 10.2 Å². The van der Waals surface area contributed by atoms with Gasteiger partial charge < -0.3 is 15.2 Å². The molecule has 0 saturated carbocycles. The fourth-order valence-corrected chi connectivity index (χ4v) is 2.00. The summed E-state index contributed by atoms with van der Waals surface area (Å²) in [4.78, 5) is 13.8. The fraction of sp³-hybridized carbons (Fsp3) is 0.917. The average Bonchev–Trinajstić information content (AvgIpc) is 2.27. The van der Waals surface area contributed by atoms with Crippen LogP contribution in [0.15, 0.2) is 0 Å². The second-order valence-corrected chi connectivity index (χ2v) is 4.82. The highest BCUT2D eigenvalue weighted by Gasteiger charge is 2.25. The molecule has 0 aliphatic carbocycles. The molecular formula is C12H24N2O3. The van der Waals surface area contributed by atoms with Crippen LogP contribution in [0.25, 0.3) is 0 Å². The van der Waals surface area contributed by atoms with Gasteiger partial charge in [-0.1, -0.05) is 6.92 Å². The van der Waals surface area contributed by atoms with Gasteiger partial charge in [-0.3, -0.25) is 9.69 Å². The van der Waals surface area contributed by atoms with Crippen molar-refractivity contribution in [3.8, 4) is 0 Å². The zero-order valence-corrected chi connectivity index (χ0v) is 11.0. The number of rotatable bonds is 5. The Balaban J connectivity index is 2.37. The van der Waals surface area contributed by atoms with E-state index in [9.17, 15) is 4.79 Å². The Hall–Kier alpha value is -0.650. The van der Waals surface area contributed by atoms with Gasteiger partial charge in [0.25, 0.3) is 0 Å². The number of ether oxygens (including phenoxy) is 1. The molecule has 0 aromatic heterocycles. The highest BCUT2D eigenvalue weighted by Crippen LogP contribution is 2.10. The third kappa shape index (κ3) is 5.02. The molecule has 5 nitrogen and oxygen atoms in total. The number of nitrogens with zero attached hydrogens (tertiary/aromatic N) is 1. The number of amides is 1. The smallest absolute Gasteiger partial charge is 0.234 e. The Morgan fingerprint density at radius 3 is 2.88 bits per heavy atom. The van der Waals surface area contributed by atoms with E-state index in [0.717, 1.165) is 13.0 Å². The van der Waals surface area contributed by atoms with Crippen molar-refractivity contribution in [2.24, 2.45) is 0 Å². The Morgan fingerprint density at radius 2 is 2.29 bits per heavy atom. The maximum absolute atomic E-state index is 11.7. The molecule has 0 spiro atoms. The molecule has 1 aliphatic rings. The van der Waals surface area contributed by atoms with Gasteiger partial charge in [0.1, 0.15) is 0 Å². The quantitative estimate of drug-likeness (QED) is 0.713. The lowest BCUT2D eigenvalue weighted by Gasteiger charge is -2.35. The van der Waals surface area contributed by atoms with Crippen molar-refractivity contribution in [2.75, 3.05) is 26.2 Å². The highest BCUT2D eigenvalue weighted by atomic mass is 16.5. The number of aliphatic hydroxyl groups excluding tert-OH is 1. The molecule has 1 saturated heterocycles. The number of carbonyl (C=O) groups is 1. The van der Waals surface area contributed by atoms with E-state index in [1.54, 1.807) is 0 Å². The van der Waals surface area contributed by atoms with Crippen molar-refractivity contribution in [3.05, 3.63) is 0 Å². The first-order chi connectivity index (χ1) is 8.05. The molecule has 0 aromatic rings. The summed E-state index contributed by atoms with van der Waals surface area (Å²) in [5.74, 6) is 0.0464. The first-order valence-electron chi connectivity index (χ1n) is 6.33. The van der Waals surface area contributed by atoms with E-state index >= 15 is 0 Å². The Morgan fingerprint density at radius 1 is 1.59 bits per heavy atom. The number of aliphatic hydroxyl groups is 1. The summed E-state index contributed by atoms with van der Waals surface area (Å²) in [6.45, 7) is 7.75. The van der Waals surface area contributed by atoms with Crippen LogP contribution in [0.3, 0.4) is 0 Å². The summed E-state index contributed by atoms with van der Waals surface area (Å²) in [6.07, 6.45) is 0.831. The number of carbonyl (C=O) groups excluding carboxylic acids is 1. The topological polar surface area (TPSA) is 61.8 Å². The number of hydrogen-bond acceptors (Lipinski definition) is 4. The highest BCUT2D eigenvalue weighted by molar-refractivity contribution is 5.78. The van der Waals surface area contributed by atoms with E-state index in [0.29, 0.717) is 13.1 Å². The molecule has 0 aromatic carbocycles. The van der Waals surface area contributed by atoms with E-state index in [1.165, 1.54) is 0 Å². The summed E-state index contributed by atoms with van der Waals surface area (Å²) in [5.41, 5.74) is 0. The van der Waals surface area contributed by atoms with Gasteiger partial charge in [0, 0.05) is 19.1 Å². The van der Waals surface area contributed by atoms with Gasteiger partial charge >= 0.3 is 0 Å². The molecule has 1 fully saturated rings. The Bertz CT molecular complexity index is 248. The largest absolute Gasteiger partial charge is 0.394 e. The standard InChI is InChI=1S/C12H24N2O3/c1-4-9(2)13-12(16)7-14-5-10(3)17-11(6-14)8-15/h9-11,15H,4-8H2,1-3H3,(H,13,16). The van der Waals surface area contributed by atoms with Gasteiger partial charge in [0.05, 0.1) is 25.4 Å². The van der Waals surface area contributed by atoms with Crippen LogP contribution in [0.1, 0.15) is 27.2 Å². The molecular weight excluding hydrogens is 220 g/mol. The van der Waals surface area contributed by atoms with Gasteiger partial charge in [-0.25, -0.2) is 0 Å². The second-order valence-electron chi connectivity index (χ2n) is 4.82. The van der Waals surface area contributed by atoms with Crippen molar-refractivity contribution in [2.45, 2.75) is 45.4 Å². The lowest BCUT2D eigenvalue weighted by atomic mass is 10.2. The zero-order valence-electron chi connectivity index (χ0n) is 11.0. The van der Waals surface area contributed by atoms with E-state index < -0.39 is 0 Å². The molecule has 1 rings (SSSR count). The number of hydrogen-bond donors (Lipinski definition) is 2. The minimum atomic E-state index is -0.171. The van der Waals surface area contributed by atoms with Crippen molar-refractivity contribution in [1.29, 1.82) is 0 Å². The maximum atomic E-state index is 11.7. The predicted octanol–water partition coefficient (Wildman–Crippen LogP) is -0.0173. The molecule has 0 radical (unpaired) electrons. The summed E-state index contributed by atoms with van der Waals surface area (Å²) < 4.78 is 5.53. The normalized spacial score (nSPS) is 27.8. The monoisotopic (exact) mass is 244 g/mol. The fourth-order valence-electron chi connectivity index (χ4n) is 2.00. The van der Waals surface area contributed by atoms with Gasteiger partial charge in [0.15, 0.2) is 0 Å². The molecule has 3 atom stereocenters. The second kappa shape index (κ2) is 6.93. The molecule has 3 unspecified atom stereocenters. The van der Waals surface area contributed by atoms with Crippen LogP contribution in [0.2, 0.25) is 0 Å². The minimum Gasteiger partial charge on any atom is -0.394 e. The first-order valence-corrected chi connectivity index (χ1v) is 6.33. The lowest BCUT2D eigenvalue weighted by molar-refractivity contribution is -0.129. The van der Waals surface area contributed by atoms with Crippen molar-refractivity contribution >= 4 is 5.91 Å². The van der Waals surface area contributed by atoms with Crippen molar-refractivity contribution < 1.29 is 14.6 Å². The van der Waals surface area contributed by atoms with Gasteiger partial charge in [-0.2, -0.15) is 0 Å². The van der Waals surface area contributed by atoms with Crippen LogP contribution < -0.4 is 5.32 Å². The number of morpholine rings is 1. The summed E-state index contributed by atoms with van der Waals surface area (Å²) in [6, 6.07) is 0.217. The van der Waals surface area contributed by atoms with Crippen LogP contribution in [-0.2, 0) is 9.53 Å². The lowest BCUT2D eigenvalue weighted by Crippen LogP contribution is -2.51. The SMILES string of the molecule is CCC(C)NC(=O)CN1CC(C)OC(CO)C1. The molecule has 1 amide bonds. The maximum Gasteiger partial charge on any atom is 0.234 e. The third-order valence-corrected chi connectivity index (χ3v) is 2.99. The average molecular weight is 244 g/mol. The Kier molecular flexibility index (Phi) is 5.88. The molecule has 1 aliphatic heterocycles. The van der Waals surface area contributed by atoms with Crippen LogP contribution in [0.5, 0.6) is 0 Å². The van der Waals surface area contributed by atoms with Crippen LogP contribution >= 0.6 is 0 Å². The van der Waals surface area contributed by atoms with Gasteiger partial charge in [0.2, 0.25) is 5.91 Å². The predicted molar refractivity (Wildman–Crippen MR) is 65.8 cm³/mol. The summed E-state index contributed by atoms with van der Waals surface area (Å²) in [7, 11) is 0. The first kappa shape index (κ1) is 14.4. The molecule has 1 heterocycles. The van der Waals surface area contributed by atoms with Crippen LogP contribution in [0.4, 0.5) is 0 Å². The van der Waals surface area contributed by atoms with Crippen LogP contribution in [0, 0.1) is 0 Å². The number of nitrogens with one attached hydrogen (secondary N) is 1.